The van der Waals surface area contributed by atoms with Gasteiger partial charge in [0, 0.05) is 52.4 Å². The molecule has 0 unspecified atom stereocenters. The summed E-state index contributed by atoms with van der Waals surface area (Å²) in [4.78, 5) is 53.7. The lowest BCUT2D eigenvalue weighted by atomic mass is 10.3. The van der Waals surface area contributed by atoms with Gasteiger partial charge in [0.15, 0.2) is 0 Å². The minimum atomic E-state index is -0.362. The van der Waals surface area contributed by atoms with Crippen molar-refractivity contribution in [2.75, 3.05) is 77.0 Å². The minimum Gasteiger partial charge on any atom is -0.369 e. The lowest BCUT2D eigenvalue weighted by Gasteiger charge is -2.34. The molecule has 2 rings (SSSR count). The summed E-state index contributed by atoms with van der Waals surface area (Å²) in [5.74, 6) is -0.166. The van der Waals surface area contributed by atoms with Crippen LogP contribution in [0.5, 0.6) is 0 Å². The predicted molar refractivity (Wildman–Crippen MR) is 102 cm³/mol. The molecular weight excluding hydrogens is 372 g/mol. The Morgan fingerprint density at radius 2 is 0.963 bits per heavy atom. The lowest BCUT2D eigenvalue weighted by Crippen LogP contribution is -2.51. The molecule has 2 fully saturated rings. The number of amides is 4. The highest BCUT2D eigenvalue weighted by atomic mass is 32.2. The molecule has 2 saturated heterocycles. The maximum Gasteiger partial charge on any atom is 0.232 e. The third-order valence-corrected chi connectivity index (χ3v) is 5.56. The van der Waals surface area contributed by atoms with Gasteiger partial charge >= 0.3 is 0 Å². The molecule has 152 valence electrons. The van der Waals surface area contributed by atoms with Crippen molar-refractivity contribution in [2.45, 2.75) is 0 Å². The first-order chi connectivity index (χ1) is 12.8. The van der Waals surface area contributed by atoms with Gasteiger partial charge in [-0.2, -0.15) is 0 Å². The largest absolute Gasteiger partial charge is 0.369 e. The van der Waals surface area contributed by atoms with E-state index in [0.717, 1.165) is 0 Å². The Morgan fingerprint density at radius 1 is 0.630 bits per heavy atom. The average molecular weight is 401 g/mol. The van der Waals surface area contributed by atoms with Crippen LogP contribution in [0.3, 0.4) is 0 Å². The van der Waals surface area contributed by atoms with Crippen molar-refractivity contribution in [3.8, 4) is 0 Å². The maximum atomic E-state index is 12.3. The molecule has 4 amide bonds. The standard InChI is InChI=1S/C16H28N6O4S/c17-13(23)9-19-1-5-21(6-2-19)15(25)11-27-12-16(26)22-7-3-20(4-8-22)10-14(18)24/h1-12H2,(H2,17,23)(H2,18,24). The van der Waals surface area contributed by atoms with Crippen molar-refractivity contribution in [1.82, 2.24) is 19.6 Å². The third-order valence-electron chi connectivity index (χ3n) is 4.66. The zero-order chi connectivity index (χ0) is 19.8. The lowest BCUT2D eigenvalue weighted by molar-refractivity contribution is -0.131. The van der Waals surface area contributed by atoms with Gasteiger partial charge in [0.1, 0.15) is 0 Å². The Bertz CT molecular complexity index is 511. The van der Waals surface area contributed by atoms with Gasteiger partial charge in [0.25, 0.3) is 0 Å². The summed E-state index contributed by atoms with van der Waals surface area (Å²) in [6.07, 6.45) is 0. The van der Waals surface area contributed by atoms with Crippen LogP contribution < -0.4 is 11.5 Å². The van der Waals surface area contributed by atoms with Crippen molar-refractivity contribution in [3.63, 3.8) is 0 Å². The fourth-order valence-electron chi connectivity index (χ4n) is 3.16. The monoisotopic (exact) mass is 400 g/mol. The molecule has 0 aromatic rings. The zero-order valence-electron chi connectivity index (χ0n) is 15.5. The van der Waals surface area contributed by atoms with Gasteiger partial charge in [-0.3, -0.25) is 29.0 Å². The summed E-state index contributed by atoms with van der Waals surface area (Å²) in [6.45, 7) is 5.26. The van der Waals surface area contributed by atoms with Crippen molar-refractivity contribution < 1.29 is 19.2 Å². The van der Waals surface area contributed by atoms with E-state index < -0.39 is 0 Å². The maximum absolute atomic E-state index is 12.3. The minimum absolute atomic E-state index is 0.0119. The smallest absolute Gasteiger partial charge is 0.232 e. The molecule has 4 N–H and O–H groups in total. The van der Waals surface area contributed by atoms with Crippen molar-refractivity contribution >= 4 is 35.4 Å². The van der Waals surface area contributed by atoms with Gasteiger partial charge in [-0.1, -0.05) is 0 Å². The number of rotatable bonds is 8. The van der Waals surface area contributed by atoms with Crippen molar-refractivity contribution in [1.29, 1.82) is 0 Å². The summed E-state index contributed by atoms with van der Waals surface area (Å²) >= 11 is 1.32. The summed E-state index contributed by atoms with van der Waals surface area (Å²) in [7, 11) is 0. The second-order valence-corrected chi connectivity index (χ2v) is 7.72. The number of thioether (sulfide) groups is 1. The molecular formula is C16H28N6O4S. The number of hydrogen-bond acceptors (Lipinski definition) is 7. The van der Waals surface area contributed by atoms with Gasteiger partial charge < -0.3 is 21.3 Å². The van der Waals surface area contributed by atoms with Gasteiger partial charge in [0.05, 0.1) is 24.6 Å². The second-order valence-electron chi connectivity index (χ2n) is 6.74. The molecule has 2 aliphatic rings. The average Bonchev–Trinajstić information content (AvgIpc) is 2.61. The number of nitrogens with two attached hydrogens (primary N) is 2. The van der Waals surface area contributed by atoms with Gasteiger partial charge in [0.2, 0.25) is 23.6 Å². The summed E-state index contributed by atoms with van der Waals surface area (Å²) in [6, 6.07) is 0. The van der Waals surface area contributed by atoms with E-state index in [9.17, 15) is 19.2 Å². The fourth-order valence-corrected chi connectivity index (χ4v) is 3.98. The Balaban J connectivity index is 1.61. The Kier molecular flexibility index (Phi) is 8.32. The second kappa shape index (κ2) is 10.5. The van der Waals surface area contributed by atoms with Crippen LogP contribution in [0.2, 0.25) is 0 Å². The first kappa shape index (κ1) is 21.5. The topological polar surface area (TPSA) is 133 Å². The highest BCUT2D eigenvalue weighted by molar-refractivity contribution is 8.00. The molecule has 2 aliphatic heterocycles. The van der Waals surface area contributed by atoms with Crippen LogP contribution in [-0.2, 0) is 19.2 Å². The number of carbonyl (C=O) groups is 4. The van der Waals surface area contributed by atoms with E-state index in [4.69, 9.17) is 11.5 Å². The molecule has 0 bridgehead atoms. The predicted octanol–water partition coefficient (Wildman–Crippen LogP) is -3.02. The molecule has 0 saturated carbocycles. The van der Waals surface area contributed by atoms with Gasteiger partial charge in [-0.15, -0.1) is 11.8 Å². The zero-order valence-corrected chi connectivity index (χ0v) is 16.3. The molecule has 0 aromatic heterocycles. The van der Waals surface area contributed by atoms with E-state index in [-0.39, 0.29) is 48.2 Å². The molecule has 0 aliphatic carbocycles. The molecule has 27 heavy (non-hydrogen) atoms. The Labute approximate surface area is 163 Å². The third kappa shape index (κ3) is 7.35. The van der Waals surface area contributed by atoms with E-state index in [1.807, 2.05) is 9.80 Å². The van der Waals surface area contributed by atoms with Crippen LogP contribution in [0.15, 0.2) is 0 Å². The molecule has 10 nitrogen and oxygen atoms in total. The fraction of sp³-hybridized carbons (Fsp3) is 0.750. The number of nitrogens with zero attached hydrogens (tertiary/aromatic N) is 4. The van der Waals surface area contributed by atoms with E-state index in [1.165, 1.54) is 11.8 Å². The Morgan fingerprint density at radius 3 is 1.26 bits per heavy atom. The van der Waals surface area contributed by atoms with Crippen LogP contribution >= 0.6 is 11.8 Å². The molecule has 0 radical (unpaired) electrons. The number of carbonyl (C=O) groups excluding carboxylic acids is 4. The SMILES string of the molecule is NC(=O)CN1CCN(C(=O)CSCC(=O)N2CCN(CC(N)=O)CC2)CC1. The van der Waals surface area contributed by atoms with Crippen LogP contribution in [0.25, 0.3) is 0 Å². The molecule has 0 spiro atoms. The van der Waals surface area contributed by atoms with E-state index >= 15 is 0 Å². The van der Waals surface area contributed by atoms with Crippen LogP contribution in [0, 0.1) is 0 Å². The Hall–Kier alpha value is -1.85. The van der Waals surface area contributed by atoms with Gasteiger partial charge in [-0.05, 0) is 0 Å². The molecule has 2 heterocycles. The van der Waals surface area contributed by atoms with Crippen molar-refractivity contribution in [3.05, 3.63) is 0 Å². The summed E-state index contributed by atoms with van der Waals surface area (Å²) in [5.41, 5.74) is 10.4. The number of primary amides is 2. The van der Waals surface area contributed by atoms with Crippen LogP contribution in [0.1, 0.15) is 0 Å². The normalized spacial score (nSPS) is 19.1. The van der Waals surface area contributed by atoms with E-state index in [0.29, 0.717) is 52.4 Å². The van der Waals surface area contributed by atoms with E-state index in [2.05, 4.69) is 0 Å². The number of hydrogen-bond donors (Lipinski definition) is 2. The first-order valence-electron chi connectivity index (χ1n) is 8.99. The van der Waals surface area contributed by atoms with Gasteiger partial charge in [-0.25, -0.2) is 0 Å². The van der Waals surface area contributed by atoms with Crippen LogP contribution in [0.4, 0.5) is 0 Å². The molecule has 0 atom stereocenters. The summed E-state index contributed by atoms with van der Waals surface area (Å²) < 4.78 is 0. The van der Waals surface area contributed by atoms with Crippen LogP contribution in [-0.4, -0.2) is 120 Å². The highest BCUT2D eigenvalue weighted by Gasteiger charge is 2.24. The first-order valence-corrected chi connectivity index (χ1v) is 10.1. The molecule has 11 heteroatoms. The quantitative estimate of drug-likeness (QED) is 0.443. The summed E-state index contributed by atoms with van der Waals surface area (Å²) in [5, 5.41) is 0. The van der Waals surface area contributed by atoms with Crippen molar-refractivity contribution in [2.24, 2.45) is 11.5 Å². The van der Waals surface area contributed by atoms with E-state index in [1.54, 1.807) is 9.80 Å². The molecule has 0 aromatic carbocycles. The number of piperazine rings is 2. The highest BCUT2D eigenvalue weighted by Crippen LogP contribution is 2.09.